The highest BCUT2D eigenvalue weighted by Gasteiger charge is 2.23. The van der Waals surface area contributed by atoms with Gasteiger partial charge in [0.05, 0.1) is 5.69 Å². The predicted octanol–water partition coefficient (Wildman–Crippen LogP) is 3.09. The summed E-state index contributed by atoms with van der Waals surface area (Å²) in [5, 5.41) is 3.91. The van der Waals surface area contributed by atoms with Gasteiger partial charge in [0.25, 0.3) is 0 Å². The van der Waals surface area contributed by atoms with Gasteiger partial charge in [-0.3, -0.25) is 0 Å². The van der Waals surface area contributed by atoms with Crippen LogP contribution < -0.4 is 10.2 Å². The van der Waals surface area contributed by atoms with Crippen LogP contribution in [0.3, 0.4) is 0 Å². The zero-order valence-electron chi connectivity index (χ0n) is 9.75. The fourth-order valence-electron chi connectivity index (χ4n) is 2.15. The number of anilines is 1. The number of nitrogens with one attached hydrogen (secondary N) is 1. The first-order chi connectivity index (χ1) is 7.72. The average Bonchev–Trinajstić information content (AvgIpc) is 2.32. The van der Waals surface area contributed by atoms with Crippen molar-refractivity contribution in [2.24, 2.45) is 0 Å². The minimum absolute atomic E-state index is 0. The largest absolute Gasteiger partial charge is 0.364 e. The van der Waals surface area contributed by atoms with Crippen molar-refractivity contribution in [2.45, 2.75) is 19.4 Å². The predicted molar refractivity (Wildman–Crippen MR) is 73.0 cm³/mol. The molecule has 96 valence electrons. The third-order valence-electron chi connectivity index (χ3n) is 3.04. The highest BCUT2D eigenvalue weighted by Crippen LogP contribution is 2.26. The van der Waals surface area contributed by atoms with Crippen LogP contribution in [0.5, 0.6) is 0 Å². The lowest BCUT2D eigenvalue weighted by Crippen LogP contribution is -2.51. The molecule has 0 aromatic heterocycles. The molecule has 5 heteroatoms. The van der Waals surface area contributed by atoms with Crippen molar-refractivity contribution in [3.05, 3.63) is 29.0 Å². The highest BCUT2D eigenvalue weighted by molar-refractivity contribution is 6.30. The summed E-state index contributed by atoms with van der Waals surface area (Å²) in [6.45, 7) is 4.74. The van der Waals surface area contributed by atoms with Crippen molar-refractivity contribution < 1.29 is 4.39 Å². The number of nitrogens with zero attached hydrogens (tertiary/aromatic N) is 1. The van der Waals surface area contributed by atoms with Crippen LogP contribution in [-0.2, 0) is 0 Å². The summed E-state index contributed by atoms with van der Waals surface area (Å²) in [6, 6.07) is 5.09. The van der Waals surface area contributed by atoms with E-state index in [0.717, 1.165) is 26.1 Å². The maximum atomic E-state index is 13.7. The van der Waals surface area contributed by atoms with Gasteiger partial charge in [0.2, 0.25) is 0 Å². The number of rotatable bonds is 2. The summed E-state index contributed by atoms with van der Waals surface area (Å²) in [6.07, 6.45) is 0.999. The second kappa shape index (κ2) is 6.43. The monoisotopic (exact) mass is 278 g/mol. The molecule has 1 unspecified atom stereocenters. The molecule has 0 amide bonds. The Morgan fingerprint density at radius 3 is 3.00 bits per heavy atom. The Labute approximate surface area is 113 Å². The number of hydrogen-bond donors (Lipinski definition) is 1. The summed E-state index contributed by atoms with van der Waals surface area (Å²) in [5.41, 5.74) is 0.626. The van der Waals surface area contributed by atoms with Crippen LogP contribution in [-0.4, -0.2) is 25.7 Å². The molecule has 1 aliphatic rings. The van der Waals surface area contributed by atoms with Gasteiger partial charge in [0, 0.05) is 30.7 Å². The van der Waals surface area contributed by atoms with E-state index in [1.165, 1.54) is 6.07 Å². The van der Waals surface area contributed by atoms with E-state index in [9.17, 15) is 4.39 Å². The highest BCUT2D eigenvalue weighted by atomic mass is 35.5. The molecule has 1 N–H and O–H groups in total. The summed E-state index contributed by atoms with van der Waals surface area (Å²) in [5.74, 6) is -0.190. The van der Waals surface area contributed by atoms with E-state index < -0.39 is 0 Å². The van der Waals surface area contributed by atoms with Gasteiger partial charge < -0.3 is 10.2 Å². The molecule has 0 saturated carbocycles. The molecule has 1 saturated heterocycles. The van der Waals surface area contributed by atoms with Gasteiger partial charge in [-0.2, -0.15) is 0 Å². The molecule has 2 rings (SSSR count). The SMILES string of the molecule is CCC1CNCCN1c1cc(Cl)ccc1F.Cl. The number of halogens is 3. The number of hydrogen-bond acceptors (Lipinski definition) is 2. The molecule has 0 bridgehead atoms. The van der Waals surface area contributed by atoms with Gasteiger partial charge in [0.1, 0.15) is 5.82 Å². The fourth-order valence-corrected chi connectivity index (χ4v) is 2.32. The fraction of sp³-hybridized carbons (Fsp3) is 0.500. The lowest BCUT2D eigenvalue weighted by atomic mass is 10.1. The Bertz CT molecular complexity index is 374. The second-order valence-corrected chi connectivity index (χ2v) is 4.49. The molecule has 0 spiro atoms. The van der Waals surface area contributed by atoms with Crippen molar-refractivity contribution in [2.75, 3.05) is 24.5 Å². The van der Waals surface area contributed by atoms with Crippen molar-refractivity contribution in [3.63, 3.8) is 0 Å². The summed E-state index contributed by atoms with van der Waals surface area (Å²) >= 11 is 5.92. The zero-order valence-corrected chi connectivity index (χ0v) is 11.3. The first-order valence-corrected chi connectivity index (χ1v) is 6.02. The molecule has 2 nitrogen and oxygen atoms in total. The van der Waals surface area contributed by atoms with Crippen LogP contribution in [0, 0.1) is 5.82 Å². The first kappa shape index (κ1) is 14.6. The van der Waals surface area contributed by atoms with E-state index in [1.807, 2.05) is 0 Å². The minimum Gasteiger partial charge on any atom is -0.364 e. The quantitative estimate of drug-likeness (QED) is 0.895. The van der Waals surface area contributed by atoms with Gasteiger partial charge in [-0.15, -0.1) is 12.4 Å². The molecule has 1 heterocycles. The van der Waals surface area contributed by atoms with E-state index in [2.05, 4.69) is 17.1 Å². The van der Waals surface area contributed by atoms with E-state index in [1.54, 1.807) is 12.1 Å². The van der Waals surface area contributed by atoms with E-state index >= 15 is 0 Å². The molecule has 0 radical (unpaired) electrons. The van der Waals surface area contributed by atoms with Crippen LogP contribution in [0.2, 0.25) is 5.02 Å². The van der Waals surface area contributed by atoms with Crippen LogP contribution in [0.25, 0.3) is 0 Å². The normalized spacial score (nSPS) is 19.9. The molecular weight excluding hydrogens is 262 g/mol. The topological polar surface area (TPSA) is 15.3 Å². The zero-order chi connectivity index (χ0) is 11.5. The Hall–Kier alpha value is -0.510. The Kier molecular flexibility index (Phi) is 5.50. The van der Waals surface area contributed by atoms with Crippen molar-refractivity contribution in [1.29, 1.82) is 0 Å². The molecule has 1 fully saturated rings. The van der Waals surface area contributed by atoms with Crippen LogP contribution in [0.4, 0.5) is 10.1 Å². The Morgan fingerprint density at radius 1 is 1.53 bits per heavy atom. The van der Waals surface area contributed by atoms with Crippen molar-refractivity contribution in [3.8, 4) is 0 Å². The van der Waals surface area contributed by atoms with E-state index in [4.69, 9.17) is 11.6 Å². The lowest BCUT2D eigenvalue weighted by molar-refractivity contribution is 0.459. The van der Waals surface area contributed by atoms with Gasteiger partial charge in [-0.25, -0.2) is 4.39 Å². The second-order valence-electron chi connectivity index (χ2n) is 4.06. The van der Waals surface area contributed by atoms with Crippen LogP contribution in [0.1, 0.15) is 13.3 Å². The third kappa shape index (κ3) is 3.24. The van der Waals surface area contributed by atoms with Crippen molar-refractivity contribution >= 4 is 29.7 Å². The van der Waals surface area contributed by atoms with Crippen LogP contribution in [0.15, 0.2) is 18.2 Å². The van der Waals surface area contributed by atoms with E-state index in [0.29, 0.717) is 16.8 Å². The standard InChI is InChI=1S/C12H16ClFN2.ClH/c1-2-10-8-15-5-6-16(10)12-7-9(13)3-4-11(12)14;/h3-4,7,10,15H,2,5-6,8H2,1H3;1H. The molecule has 1 atom stereocenters. The first-order valence-electron chi connectivity index (χ1n) is 5.64. The number of benzene rings is 1. The van der Waals surface area contributed by atoms with Gasteiger partial charge >= 0.3 is 0 Å². The maximum absolute atomic E-state index is 13.7. The summed E-state index contributed by atoms with van der Waals surface area (Å²) in [7, 11) is 0. The van der Waals surface area contributed by atoms with Crippen LogP contribution >= 0.6 is 24.0 Å². The molecule has 17 heavy (non-hydrogen) atoms. The molecule has 0 aliphatic carbocycles. The smallest absolute Gasteiger partial charge is 0.146 e. The van der Waals surface area contributed by atoms with Gasteiger partial charge in [-0.05, 0) is 24.6 Å². The number of piperazine rings is 1. The third-order valence-corrected chi connectivity index (χ3v) is 3.27. The average molecular weight is 279 g/mol. The minimum atomic E-state index is -0.190. The molecule has 1 aliphatic heterocycles. The summed E-state index contributed by atoms with van der Waals surface area (Å²) in [4.78, 5) is 2.11. The Morgan fingerprint density at radius 2 is 2.29 bits per heavy atom. The van der Waals surface area contributed by atoms with Gasteiger partial charge in [0.15, 0.2) is 0 Å². The maximum Gasteiger partial charge on any atom is 0.146 e. The lowest BCUT2D eigenvalue weighted by Gasteiger charge is -2.37. The summed E-state index contributed by atoms with van der Waals surface area (Å²) < 4.78 is 13.7. The van der Waals surface area contributed by atoms with E-state index in [-0.39, 0.29) is 18.2 Å². The molecule has 1 aromatic carbocycles. The van der Waals surface area contributed by atoms with Gasteiger partial charge in [-0.1, -0.05) is 18.5 Å². The molecular formula is C12H17Cl2FN2. The Balaban J connectivity index is 0.00000144. The molecule has 1 aromatic rings. The van der Waals surface area contributed by atoms with Crippen molar-refractivity contribution in [1.82, 2.24) is 5.32 Å².